The number of morpholine rings is 1. The third-order valence-electron chi connectivity index (χ3n) is 5.76. The van der Waals surface area contributed by atoms with Crippen molar-refractivity contribution in [2.75, 3.05) is 38.2 Å². The van der Waals surface area contributed by atoms with Gasteiger partial charge in [0.1, 0.15) is 0 Å². The lowest BCUT2D eigenvalue weighted by atomic mass is 10.0. The lowest BCUT2D eigenvalue weighted by molar-refractivity contribution is -0.115. The predicted octanol–water partition coefficient (Wildman–Crippen LogP) is 3.70. The number of hydrogen-bond donors (Lipinski definition) is 2. The third kappa shape index (κ3) is 5.73. The number of ether oxygens (including phenoxy) is 1. The molecular formula is C25H29N3O4S2. The Kier molecular flexibility index (Phi) is 7.80. The van der Waals surface area contributed by atoms with E-state index in [1.54, 1.807) is 30.4 Å². The van der Waals surface area contributed by atoms with E-state index >= 15 is 0 Å². The fraction of sp³-hybridized carbons (Fsp3) is 0.320. The molecule has 0 bridgehead atoms. The summed E-state index contributed by atoms with van der Waals surface area (Å²) in [5.74, 6) is -0.243. The van der Waals surface area contributed by atoms with Gasteiger partial charge in [-0.25, -0.2) is 8.42 Å². The smallest absolute Gasteiger partial charge is 0.243 e. The van der Waals surface area contributed by atoms with Gasteiger partial charge in [-0.05, 0) is 48.6 Å². The van der Waals surface area contributed by atoms with Gasteiger partial charge in [0.2, 0.25) is 15.9 Å². The van der Waals surface area contributed by atoms with E-state index in [9.17, 15) is 13.2 Å². The van der Waals surface area contributed by atoms with E-state index in [-0.39, 0.29) is 23.4 Å². The van der Waals surface area contributed by atoms with Crippen LogP contribution in [-0.2, 0) is 19.6 Å². The van der Waals surface area contributed by atoms with Crippen molar-refractivity contribution in [3.05, 3.63) is 81.5 Å². The Morgan fingerprint density at radius 2 is 1.82 bits per heavy atom. The monoisotopic (exact) mass is 499 g/mol. The van der Waals surface area contributed by atoms with Crippen molar-refractivity contribution in [1.29, 1.82) is 0 Å². The summed E-state index contributed by atoms with van der Waals surface area (Å²) in [5.41, 5.74) is 3.34. The first-order chi connectivity index (χ1) is 16.3. The highest BCUT2D eigenvalue weighted by Gasteiger charge is 2.28. The maximum absolute atomic E-state index is 13.1. The van der Waals surface area contributed by atoms with E-state index in [1.165, 1.54) is 15.9 Å². The number of thiophene rings is 1. The molecule has 1 amide bonds. The highest BCUT2D eigenvalue weighted by Crippen LogP contribution is 2.27. The quantitative estimate of drug-likeness (QED) is 0.494. The Labute approximate surface area is 204 Å². The number of carbonyl (C=O) groups is 1. The zero-order valence-corrected chi connectivity index (χ0v) is 20.9. The van der Waals surface area contributed by atoms with Gasteiger partial charge in [-0.3, -0.25) is 10.1 Å². The molecule has 1 aromatic heterocycles. The number of nitrogens with zero attached hydrogens (tertiary/aromatic N) is 1. The second kappa shape index (κ2) is 10.8. The Bertz CT molecular complexity index is 1220. The largest absolute Gasteiger partial charge is 0.379 e. The normalized spacial score (nSPS) is 15.7. The number of hydrogen-bond acceptors (Lipinski definition) is 6. The molecule has 1 atom stereocenters. The van der Waals surface area contributed by atoms with Crippen LogP contribution < -0.4 is 10.6 Å². The van der Waals surface area contributed by atoms with Crippen molar-refractivity contribution >= 4 is 33.0 Å². The molecule has 0 radical (unpaired) electrons. The number of nitrogens with one attached hydrogen (secondary N) is 2. The Hall–Kier alpha value is -2.56. The van der Waals surface area contributed by atoms with Gasteiger partial charge in [0.15, 0.2) is 0 Å². The average molecular weight is 500 g/mol. The lowest BCUT2D eigenvalue weighted by Crippen LogP contribution is -2.40. The number of benzene rings is 2. The highest BCUT2D eigenvalue weighted by molar-refractivity contribution is 7.89. The summed E-state index contributed by atoms with van der Waals surface area (Å²) in [6.45, 7) is 5.29. The first kappa shape index (κ1) is 24.6. The summed E-state index contributed by atoms with van der Waals surface area (Å²) in [6.07, 6.45) is 0. The standard InChI is InChI=1S/C25H29N3O4S2/c1-18-5-8-20(9-6-18)25(22-4-3-15-33-22)26-17-24(29)27-21-10-7-19(2)23(16-21)34(30,31)28-11-13-32-14-12-28/h3-10,15-16,25-26H,11-14,17H2,1-2H3,(H,27,29). The van der Waals surface area contributed by atoms with Crippen molar-refractivity contribution in [3.63, 3.8) is 0 Å². The van der Waals surface area contributed by atoms with Gasteiger partial charge in [0.05, 0.1) is 30.7 Å². The number of anilines is 1. The maximum atomic E-state index is 13.1. The van der Waals surface area contributed by atoms with Crippen LogP contribution in [0.25, 0.3) is 0 Å². The van der Waals surface area contributed by atoms with Crippen LogP contribution in [0, 0.1) is 13.8 Å². The minimum atomic E-state index is -3.66. The van der Waals surface area contributed by atoms with Gasteiger partial charge in [0, 0.05) is 23.7 Å². The van der Waals surface area contributed by atoms with Gasteiger partial charge in [0.25, 0.3) is 0 Å². The van der Waals surface area contributed by atoms with Crippen molar-refractivity contribution in [1.82, 2.24) is 9.62 Å². The van der Waals surface area contributed by atoms with E-state index in [4.69, 9.17) is 4.74 Å². The molecule has 1 aliphatic rings. The number of sulfonamides is 1. The number of rotatable bonds is 8. The molecule has 0 spiro atoms. The third-order valence-corrected chi connectivity index (χ3v) is 8.74. The first-order valence-electron chi connectivity index (χ1n) is 11.2. The van der Waals surface area contributed by atoms with Crippen LogP contribution in [-0.4, -0.2) is 51.5 Å². The van der Waals surface area contributed by atoms with Crippen LogP contribution in [0.5, 0.6) is 0 Å². The SMILES string of the molecule is Cc1ccc(C(NCC(=O)Nc2ccc(C)c(S(=O)(=O)N3CCOCC3)c2)c2cccs2)cc1. The molecule has 7 nitrogen and oxygen atoms in total. The van der Waals surface area contributed by atoms with Gasteiger partial charge < -0.3 is 10.1 Å². The molecule has 1 aliphatic heterocycles. The molecule has 9 heteroatoms. The molecule has 2 aromatic carbocycles. The molecule has 1 saturated heterocycles. The van der Waals surface area contributed by atoms with E-state index in [0.717, 1.165) is 10.4 Å². The fourth-order valence-electron chi connectivity index (χ4n) is 3.88. The summed E-state index contributed by atoms with van der Waals surface area (Å²) >= 11 is 1.63. The Morgan fingerprint density at radius 1 is 1.09 bits per heavy atom. The van der Waals surface area contributed by atoms with Crippen molar-refractivity contribution in [3.8, 4) is 0 Å². The zero-order valence-electron chi connectivity index (χ0n) is 19.3. The molecule has 1 unspecified atom stereocenters. The van der Waals surface area contributed by atoms with Crippen molar-refractivity contribution in [2.45, 2.75) is 24.8 Å². The first-order valence-corrected chi connectivity index (χ1v) is 13.5. The van der Waals surface area contributed by atoms with Crippen LogP contribution in [0.3, 0.4) is 0 Å². The van der Waals surface area contributed by atoms with Gasteiger partial charge in [-0.15, -0.1) is 11.3 Å². The van der Waals surface area contributed by atoms with Gasteiger partial charge in [-0.2, -0.15) is 4.31 Å². The van der Waals surface area contributed by atoms with Crippen LogP contribution >= 0.6 is 11.3 Å². The molecule has 180 valence electrons. The summed E-state index contributed by atoms with van der Waals surface area (Å²) in [6, 6.07) is 17.1. The highest BCUT2D eigenvalue weighted by atomic mass is 32.2. The Balaban J connectivity index is 1.46. The molecular weight excluding hydrogens is 470 g/mol. The van der Waals surface area contributed by atoms with E-state index < -0.39 is 10.0 Å². The van der Waals surface area contributed by atoms with Crippen LogP contribution in [0.1, 0.15) is 27.6 Å². The number of carbonyl (C=O) groups excluding carboxylic acids is 1. The summed E-state index contributed by atoms with van der Waals surface area (Å²) in [7, 11) is -3.66. The van der Waals surface area contributed by atoms with Crippen molar-refractivity contribution < 1.29 is 17.9 Å². The molecule has 2 heterocycles. The molecule has 0 saturated carbocycles. The van der Waals surface area contributed by atoms with Gasteiger partial charge >= 0.3 is 0 Å². The van der Waals surface area contributed by atoms with Crippen LogP contribution in [0.15, 0.2) is 64.9 Å². The second-order valence-electron chi connectivity index (χ2n) is 8.28. The number of aryl methyl sites for hydroxylation is 2. The van der Waals surface area contributed by atoms with E-state index in [2.05, 4.69) is 34.9 Å². The maximum Gasteiger partial charge on any atom is 0.243 e. The molecule has 2 N–H and O–H groups in total. The van der Waals surface area contributed by atoms with Crippen molar-refractivity contribution in [2.24, 2.45) is 0 Å². The van der Waals surface area contributed by atoms with Crippen LogP contribution in [0.2, 0.25) is 0 Å². The second-order valence-corrected chi connectivity index (χ2v) is 11.2. The lowest BCUT2D eigenvalue weighted by Gasteiger charge is -2.27. The zero-order chi connectivity index (χ0) is 24.1. The summed E-state index contributed by atoms with van der Waals surface area (Å²) in [4.78, 5) is 14.1. The molecule has 34 heavy (non-hydrogen) atoms. The molecule has 3 aromatic rings. The molecule has 4 rings (SSSR count). The summed E-state index contributed by atoms with van der Waals surface area (Å²) in [5, 5.41) is 8.20. The number of amides is 1. The predicted molar refractivity (Wildman–Crippen MR) is 135 cm³/mol. The minimum absolute atomic E-state index is 0.0792. The van der Waals surface area contributed by atoms with E-state index in [1.807, 2.05) is 24.4 Å². The fourth-order valence-corrected chi connectivity index (χ4v) is 6.36. The minimum Gasteiger partial charge on any atom is -0.379 e. The van der Waals surface area contributed by atoms with E-state index in [0.29, 0.717) is 37.6 Å². The molecule has 0 aliphatic carbocycles. The summed E-state index contributed by atoms with van der Waals surface area (Å²) < 4.78 is 32.9. The average Bonchev–Trinajstić information content (AvgIpc) is 3.37. The Morgan fingerprint density at radius 3 is 2.50 bits per heavy atom. The topological polar surface area (TPSA) is 87.7 Å². The van der Waals surface area contributed by atoms with Gasteiger partial charge in [-0.1, -0.05) is 42.0 Å². The molecule has 1 fully saturated rings. The van der Waals surface area contributed by atoms with Crippen LogP contribution in [0.4, 0.5) is 5.69 Å².